The zero-order chi connectivity index (χ0) is 10.6. The number of hydrogen-bond acceptors (Lipinski definition) is 2. The van der Waals surface area contributed by atoms with Crippen LogP contribution < -0.4 is 0 Å². The molecule has 1 aliphatic carbocycles. The van der Waals surface area contributed by atoms with Crippen molar-refractivity contribution in [3.05, 3.63) is 0 Å². The average molecular weight is 199 g/mol. The Bertz CT molecular complexity index is 158. The molecule has 0 heterocycles. The molecule has 0 amide bonds. The maximum Gasteiger partial charge on any atom is 0.0695 e. The molecule has 14 heavy (non-hydrogen) atoms. The van der Waals surface area contributed by atoms with E-state index in [1.54, 1.807) is 0 Å². The van der Waals surface area contributed by atoms with E-state index in [0.717, 1.165) is 19.5 Å². The van der Waals surface area contributed by atoms with Crippen molar-refractivity contribution in [2.75, 3.05) is 13.1 Å². The average Bonchev–Trinajstić information content (AvgIpc) is 2.15. The van der Waals surface area contributed by atoms with Gasteiger partial charge in [0.05, 0.1) is 6.10 Å². The summed E-state index contributed by atoms with van der Waals surface area (Å²) in [6, 6.07) is 0.427. The van der Waals surface area contributed by atoms with Crippen molar-refractivity contribution < 1.29 is 5.11 Å². The molecule has 1 N–H and O–H groups in total. The van der Waals surface area contributed by atoms with Crippen molar-refractivity contribution in [1.29, 1.82) is 0 Å². The molecule has 0 bridgehead atoms. The summed E-state index contributed by atoms with van der Waals surface area (Å²) in [5, 5.41) is 9.94. The van der Waals surface area contributed by atoms with Gasteiger partial charge in [-0.25, -0.2) is 0 Å². The van der Waals surface area contributed by atoms with Gasteiger partial charge in [0.1, 0.15) is 0 Å². The Kier molecular flexibility index (Phi) is 4.90. The first-order chi connectivity index (χ1) is 6.65. The lowest BCUT2D eigenvalue weighted by molar-refractivity contribution is 0.0171. The number of aliphatic hydroxyl groups excluding tert-OH is 1. The van der Waals surface area contributed by atoms with Crippen molar-refractivity contribution in [2.45, 2.75) is 58.6 Å². The molecule has 0 spiro atoms. The number of aliphatic hydroxyl groups is 1. The van der Waals surface area contributed by atoms with E-state index in [4.69, 9.17) is 0 Å². The molecule has 0 unspecified atom stereocenters. The highest BCUT2D eigenvalue weighted by atomic mass is 16.3. The molecule has 0 aromatic rings. The summed E-state index contributed by atoms with van der Waals surface area (Å²) >= 11 is 0. The minimum atomic E-state index is -0.0811. The molecule has 1 saturated carbocycles. The second-order valence-electron chi connectivity index (χ2n) is 4.90. The van der Waals surface area contributed by atoms with Gasteiger partial charge >= 0.3 is 0 Å². The summed E-state index contributed by atoms with van der Waals surface area (Å²) in [6.07, 6.45) is 4.59. The second kappa shape index (κ2) is 5.72. The van der Waals surface area contributed by atoms with Crippen LogP contribution in [0.4, 0.5) is 0 Å². The molecule has 0 radical (unpaired) electrons. The molecule has 0 aromatic carbocycles. The lowest BCUT2D eigenvalue weighted by Crippen LogP contribution is -2.46. The maximum absolute atomic E-state index is 9.94. The van der Waals surface area contributed by atoms with Crippen LogP contribution in [-0.2, 0) is 0 Å². The first kappa shape index (κ1) is 12.0. The minimum Gasteiger partial charge on any atom is -0.391 e. The summed E-state index contributed by atoms with van der Waals surface area (Å²) in [5.74, 6) is 0.698. The van der Waals surface area contributed by atoms with E-state index in [1.807, 2.05) is 0 Å². The standard InChI is InChI=1S/C12H25NO/c1-4-13(9-10(2)3)11-7-5-6-8-12(11)14/h10-12,14H,4-9H2,1-3H3/t11-,12-/m0/s1. The third-order valence-electron chi connectivity index (χ3n) is 3.17. The molecule has 2 atom stereocenters. The lowest BCUT2D eigenvalue weighted by Gasteiger charge is -2.37. The van der Waals surface area contributed by atoms with Gasteiger partial charge in [0.15, 0.2) is 0 Å². The zero-order valence-electron chi connectivity index (χ0n) is 9.87. The van der Waals surface area contributed by atoms with E-state index < -0.39 is 0 Å². The summed E-state index contributed by atoms with van der Waals surface area (Å²) in [7, 11) is 0. The highest BCUT2D eigenvalue weighted by Crippen LogP contribution is 2.23. The largest absolute Gasteiger partial charge is 0.391 e. The van der Waals surface area contributed by atoms with Gasteiger partial charge in [0, 0.05) is 12.6 Å². The molecule has 0 saturated heterocycles. The lowest BCUT2D eigenvalue weighted by atomic mass is 9.91. The first-order valence-electron chi connectivity index (χ1n) is 6.07. The van der Waals surface area contributed by atoms with Gasteiger partial charge in [-0.05, 0) is 25.3 Å². The monoisotopic (exact) mass is 199 g/mol. The molecule has 84 valence electrons. The van der Waals surface area contributed by atoms with E-state index in [1.165, 1.54) is 19.3 Å². The van der Waals surface area contributed by atoms with Crippen LogP contribution in [0.15, 0.2) is 0 Å². The molecular formula is C12H25NO. The van der Waals surface area contributed by atoms with Gasteiger partial charge in [0.25, 0.3) is 0 Å². The third-order valence-corrected chi connectivity index (χ3v) is 3.17. The minimum absolute atomic E-state index is 0.0811. The molecule has 1 aliphatic rings. The molecule has 2 nitrogen and oxygen atoms in total. The molecule has 0 aromatic heterocycles. The first-order valence-corrected chi connectivity index (χ1v) is 6.07. The third kappa shape index (κ3) is 3.25. The van der Waals surface area contributed by atoms with E-state index in [9.17, 15) is 5.11 Å². The Morgan fingerprint density at radius 1 is 1.29 bits per heavy atom. The van der Waals surface area contributed by atoms with Gasteiger partial charge < -0.3 is 5.11 Å². The quantitative estimate of drug-likeness (QED) is 0.751. The topological polar surface area (TPSA) is 23.5 Å². The zero-order valence-corrected chi connectivity index (χ0v) is 9.87. The van der Waals surface area contributed by atoms with Gasteiger partial charge in [0.2, 0.25) is 0 Å². The fourth-order valence-electron chi connectivity index (χ4n) is 2.49. The fourth-order valence-corrected chi connectivity index (χ4v) is 2.49. The van der Waals surface area contributed by atoms with Crippen LogP contribution in [0.25, 0.3) is 0 Å². The summed E-state index contributed by atoms with van der Waals surface area (Å²) in [6.45, 7) is 8.89. The van der Waals surface area contributed by atoms with Gasteiger partial charge in [-0.1, -0.05) is 33.6 Å². The van der Waals surface area contributed by atoms with Crippen LogP contribution in [0.5, 0.6) is 0 Å². The molecular weight excluding hydrogens is 174 g/mol. The van der Waals surface area contributed by atoms with Crippen LogP contribution in [0.1, 0.15) is 46.5 Å². The van der Waals surface area contributed by atoms with Crippen LogP contribution in [-0.4, -0.2) is 35.2 Å². The van der Waals surface area contributed by atoms with Crippen LogP contribution in [0, 0.1) is 5.92 Å². The predicted molar refractivity (Wildman–Crippen MR) is 60.3 cm³/mol. The number of hydrogen-bond donors (Lipinski definition) is 1. The Morgan fingerprint density at radius 3 is 2.43 bits per heavy atom. The molecule has 1 rings (SSSR count). The predicted octanol–water partition coefficient (Wildman–Crippen LogP) is 2.27. The normalized spacial score (nSPS) is 28.7. The van der Waals surface area contributed by atoms with Crippen molar-refractivity contribution in [3.8, 4) is 0 Å². The highest BCUT2D eigenvalue weighted by molar-refractivity contribution is 4.82. The van der Waals surface area contributed by atoms with Crippen molar-refractivity contribution in [3.63, 3.8) is 0 Å². The fraction of sp³-hybridized carbons (Fsp3) is 1.00. The number of nitrogens with zero attached hydrogens (tertiary/aromatic N) is 1. The van der Waals surface area contributed by atoms with Crippen molar-refractivity contribution in [2.24, 2.45) is 5.92 Å². The smallest absolute Gasteiger partial charge is 0.0695 e. The number of likely N-dealkylation sites (N-methyl/N-ethyl adjacent to an activating group) is 1. The van der Waals surface area contributed by atoms with E-state index in [-0.39, 0.29) is 6.10 Å². The maximum atomic E-state index is 9.94. The summed E-state index contributed by atoms with van der Waals surface area (Å²) < 4.78 is 0. The van der Waals surface area contributed by atoms with Crippen molar-refractivity contribution in [1.82, 2.24) is 4.90 Å². The molecule has 0 aliphatic heterocycles. The Hall–Kier alpha value is -0.0800. The summed E-state index contributed by atoms with van der Waals surface area (Å²) in [4.78, 5) is 2.45. The van der Waals surface area contributed by atoms with E-state index >= 15 is 0 Å². The van der Waals surface area contributed by atoms with Crippen LogP contribution >= 0.6 is 0 Å². The van der Waals surface area contributed by atoms with E-state index in [0.29, 0.717) is 12.0 Å². The second-order valence-corrected chi connectivity index (χ2v) is 4.90. The molecule has 1 fully saturated rings. The van der Waals surface area contributed by atoms with E-state index in [2.05, 4.69) is 25.7 Å². The number of rotatable bonds is 4. The van der Waals surface area contributed by atoms with Crippen LogP contribution in [0.2, 0.25) is 0 Å². The highest BCUT2D eigenvalue weighted by Gasteiger charge is 2.27. The van der Waals surface area contributed by atoms with Crippen LogP contribution in [0.3, 0.4) is 0 Å². The summed E-state index contributed by atoms with van der Waals surface area (Å²) in [5.41, 5.74) is 0. The SMILES string of the molecule is CCN(CC(C)C)[C@H]1CCCC[C@@H]1O. The van der Waals surface area contributed by atoms with Gasteiger partial charge in [-0.15, -0.1) is 0 Å². The van der Waals surface area contributed by atoms with Crippen molar-refractivity contribution >= 4 is 0 Å². The van der Waals surface area contributed by atoms with Gasteiger partial charge in [-0.3, -0.25) is 4.90 Å². The Labute approximate surface area is 88.3 Å². The Balaban J connectivity index is 2.48. The molecule has 2 heteroatoms. The Morgan fingerprint density at radius 2 is 1.93 bits per heavy atom. The van der Waals surface area contributed by atoms with Gasteiger partial charge in [-0.2, -0.15) is 0 Å².